The number of hydrogen-bond acceptors (Lipinski definition) is 3. The van der Waals surface area contributed by atoms with E-state index in [0.717, 1.165) is 0 Å². The Morgan fingerprint density at radius 1 is 0.944 bits per heavy atom. The smallest absolute Gasteiger partial charge is 0.269 e. The first-order valence-electron chi connectivity index (χ1n) is 4.88. The third kappa shape index (κ3) is 5.39. The fraction of sp³-hybridized carbons (Fsp3) is 0. The van der Waals surface area contributed by atoms with Crippen LogP contribution >= 0.6 is 0 Å². The molecule has 0 heterocycles. The summed E-state index contributed by atoms with van der Waals surface area (Å²) in [6, 6.07) is 19.1. The summed E-state index contributed by atoms with van der Waals surface area (Å²) in [6.45, 7) is 0. The van der Waals surface area contributed by atoms with Crippen LogP contribution in [0, 0.1) is 21.4 Å². The van der Waals surface area contributed by atoms with Crippen LogP contribution in [0.1, 0.15) is 5.56 Å². The number of nitrogens with zero attached hydrogens (tertiary/aromatic N) is 2. The van der Waals surface area contributed by atoms with E-state index >= 15 is 0 Å². The molecule has 5 heteroatoms. The second kappa shape index (κ2) is 8.44. The van der Waals surface area contributed by atoms with E-state index in [4.69, 9.17) is 5.26 Å². The summed E-state index contributed by atoms with van der Waals surface area (Å²) in [7, 11) is 0. The molecule has 0 fully saturated rings. The maximum Gasteiger partial charge on any atom is 0.269 e. The molecule has 0 aliphatic carbocycles. The molecule has 0 radical (unpaired) electrons. The van der Waals surface area contributed by atoms with Crippen molar-refractivity contribution in [2.75, 3.05) is 0 Å². The Morgan fingerprint density at radius 2 is 1.39 bits per heavy atom. The summed E-state index contributed by atoms with van der Waals surface area (Å²) >= 11 is 0. The van der Waals surface area contributed by atoms with E-state index in [1.807, 2.05) is 24.3 Å². The Morgan fingerprint density at radius 3 is 1.67 bits per heavy atom. The molecule has 0 amide bonds. The van der Waals surface area contributed by atoms with E-state index in [-0.39, 0.29) is 11.2 Å². The predicted octanol–water partition coefficient (Wildman–Crippen LogP) is 2.33. The lowest BCUT2D eigenvalue weighted by atomic mass is 10.2. The first-order chi connectivity index (χ1) is 8.24. The third-order valence-electron chi connectivity index (χ3n) is 1.87. The standard InChI is InChI=1S/C7H5N.C6H5NO2.H2O/c8-6-7-4-2-1-3-5-7;8-7(9)6-4-2-1-3-5-6;/h1-5H;1-5H;1H2. The van der Waals surface area contributed by atoms with Crippen LogP contribution in [0.2, 0.25) is 0 Å². The maximum atomic E-state index is 10.0. The Balaban J connectivity index is 0.000000306. The van der Waals surface area contributed by atoms with E-state index in [9.17, 15) is 10.1 Å². The molecule has 2 aromatic rings. The Labute approximate surface area is 104 Å². The quantitative estimate of drug-likeness (QED) is 0.568. The van der Waals surface area contributed by atoms with Gasteiger partial charge in [-0.25, -0.2) is 0 Å². The number of hydrogen-bond donors (Lipinski definition) is 0. The van der Waals surface area contributed by atoms with Gasteiger partial charge in [-0.05, 0) is 12.1 Å². The summed E-state index contributed by atoms with van der Waals surface area (Å²) in [6.07, 6.45) is 0. The minimum atomic E-state index is -0.417. The fourth-order valence-electron chi connectivity index (χ4n) is 1.06. The van der Waals surface area contributed by atoms with Crippen molar-refractivity contribution in [1.82, 2.24) is 0 Å². The largest absolute Gasteiger partial charge is 0.412 e. The molecular formula is C13H12N2O3. The highest BCUT2D eigenvalue weighted by atomic mass is 16.6. The molecule has 0 unspecified atom stereocenters. The molecule has 2 rings (SSSR count). The van der Waals surface area contributed by atoms with Gasteiger partial charge in [0.05, 0.1) is 16.6 Å². The minimum Gasteiger partial charge on any atom is -0.412 e. The number of non-ortho nitro benzene ring substituents is 1. The van der Waals surface area contributed by atoms with Crippen LogP contribution < -0.4 is 0 Å². The van der Waals surface area contributed by atoms with E-state index < -0.39 is 4.92 Å². The molecular weight excluding hydrogens is 232 g/mol. The zero-order valence-electron chi connectivity index (χ0n) is 9.48. The molecule has 0 aromatic heterocycles. The summed E-state index contributed by atoms with van der Waals surface area (Å²) in [5, 5.41) is 18.3. The molecule has 92 valence electrons. The molecule has 0 aliphatic rings. The van der Waals surface area contributed by atoms with Crippen LogP contribution in [0.4, 0.5) is 5.69 Å². The Bertz CT molecular complexity index is 507. The molecule has 2 N–H and O–H groups in total. The van der Waals surface area contributed by atoms with Gasteiger partial charge in [0.15, 0.2) is 0 Å². The lowest BCUT2D eigenvalue weighted by Gasteiger charge is -1.85. The van der Waals surface area contributed by atoms with Crippen molar-refractivity contribution >= 4 is 5.69 Å². The molecule has 0 aliphatic heterocycles. The topological polar surface area (TPSA) is 98.4 Å². The highest BCUT2D eigenvalue weighted by Gasteiger charge is 1.98. The van der Waals surface area contributed by atoms with E-state index in [1.54, 1.807) is 30.3 Å². The van der Waals surface area contributed by atoms with Crippen LogP contribution in [0.3, 0.4) is 0 Å². The number of nitro groups is 1. The normalized spacial score (nSPS) is 7.94. The lowest BCUT2D eigenvalue weighted by Crippen LogP contribution is -1.84. The van der Waals surface area contributed by atoms with Crippen molar-refractivity contribution in [3.8, 4) is 6.07 Å². The number of nitriles is 1. The molecule has 18 heavy (non-hydrogen) atoms. The van der Waals surface area contributed by atoms with Gasteiger partial charge in [0.2, 0.25) is 0 Å². The SMILES string of the molecule is N#Cc1ccccc1.O.O=[N+]([O-])c1ccccc1. The van der Waals surface area contributed by atoms with Gasteiger partial charge in [0, 0.05) is 12.1 Å². The highest BCUT2D eigenvalue weighted by molar-refractivity contribution is 5.28. The van der Waals surface area contributed by atoms with Gasteiger partial charge in [-0.3, -0.25) is 10.1 Å². The molecule has 0 atom stereocenters. The van der Waals surface area contributed by atoms with E-state index in [0.29, 0.717) is 5.56 Å². The van der Waals surface area contributed by atoms with Gasteiger partial charge in [-0.2, -0.15) is 5.26 Å². The van der Waals surface area contributed by atoms with Crippen molar-refractivity contribution in [3.05, 3.63) is 76.3 Å². The Kier molecular flexibility index (Phi) is 7.17. The fourth-order valence-corrected chi connectivity index (χ4v) is 1.06. The first kappa shape index (κ1) is 15.3. The van der Waals surface area contributed by atoms with Crippen LogP contribution in [-0.2, 0) is 0 Å². The predicted molar refractivity (Wildman–Crippen MR) is 67.9 cm³/mol. The van der Waals surface area contributed by atoms with Gasteiger partial charge in [0.25, 0.3) is 5.69 Å². The van der Waals surface area contributed by atoms with Gasteiger partial charge < -0.3 is 5.48 Å². The maximum absolute atomic E-state index is 10.0. The zero-order chi connectivity index (χ0) is 12.5. The van der Waals surface area contributed by atoms with Crippen molar-refractivity contribution < 1.29 is 10.4 Å². The lowest BCUT2D eigenvalue weighted by molar-refractivity contribution is -0.384. The van der Waals surface area contributed by atoms with E-state index in [2.05, 4.69) is 0 Å². The number of benzene rings is 2. The van der Waals surface area contributed by atoms with Crippen molar-refractivity contribution in [1.29, 1.82) is 5.26 Å². The third-order valence-corrected chi connectivity index (χ3v) is 1.87. The van der Waals surface area contributed by atoms with Crippen LogP contribution in [-0.4, -0.2) is 10.4 Å². The van der Waals surface area contributed by atoms with Gasteiger partial charge in [-0.15, -0.1) is 0 Å². The van der Waals surface area contributed by atoms with Crippen LogP contribution in [0.5, 0.6) is 0 Å². The summed E-state index contributed by atoms with van der Waals surface area (Å²) < 4.78 is 0. The summed E-state index contributed by atoms with van der Waals surface area (Å²) in [5.41, 5.74) is 0.852. The minimum absolute atomic E-state index is 0. The average Bonchev–Trinajstić information content (AvgIpc) is 2.41. The number of para-hydroxylation sites is 1. The average molecular weight is 244 g/mol. The van der Waals surface area contributed by atoms with Gasteiger partial charge in [0.1, 0.15) is 0 Å². The summed E-state index contributed by atoms with van der Waals surface area (Å²) in [4.78, 5) is 9.59. The van der Waals surface area contributed by atoms with Crippen LogP contribution in [0.25, 0.3) is 0 Å². The molecule has 0 saturated heterocycles. The van der Waals surface area contributed by atoms with Gasteiger partial charge in [-0.1, -0.05) is 36.4 Å². The first-order valence-corrected chi connectivity index (χ1v) is 4.88. The molecule has 0 bridgehead atoms. The van der Waals surface area contributed by atoms with Crippen molar-refractivity contribution in [3.63, 3.8) is 0 Å². The second-order valence-electron chi connectivity index (χ2n) is 3.07. The monoisotopic (exact) mass is 244 g/mol. The number of rotatable bonds is 1. The van der Waals surface area contributed by atoms with E-state index in [1.165, 1.54) is 12.1 Å². The van der Waals surface area contributed by atoms with Crippen LogP contribution in [0.15, 0.2) is 60.7 Å². The molecule has 0 spiro atoms. The second-order valence-corrected chi connectivity index (χ2v) is 3.07. The molecule has 5 nitrogen and oxygen atoms in total. The summed E-state index contributed by atoms with van der Waals surface area (Å²) in [5.74, 6) is 0. The van der Waals surface area contributed by atoms with Crippen molar-refractivity contribution in [2.24, 2.45) is 0 Å². The highest BCUT2D eigenvalue weighted by Crippen LogP contribution is 2.06. The molecule has 0 saturated carbocycles. The van der Waals surface area contributed by atoms with Crippen molar-refractivity contribution in [2.45, 2.75) is 0 Å². The van der Waals surface area contributed by atoms with Gasteiger partial charge >= 0.3 is 0 Å². The number of nitro benzene ring substituents is 1. The zero-order valence-corrected chi connectivity index (χ0v) is 9.48. The Hall–Kier alpha value is -2.71. The molecule has 2 aromatic carbocycles.